The van der Waals surface area contributed by atoms with Gasteiger partial charge in [0.1, 0.15) is 4.34 Å². The minimum absolute atomic E-state index is 0.0932. The Labute approximate surface area is 191 Å². The number of hydrogen-bond acceptors (Lipinski definition) is 4. The van der Waals surface area contributed by atoms with Crippen molar-refractivity contribution in [1.29, 1.82) is 0 Å². The lowest BCUT2D eigenvalue weighted by Crippen LogP contribution is -2.10. The van der Waals surface area contributed by atoms with Gasteiger partial charge in [-0.1, -0.05) is 63.3 Å². The molecule has 0 bridgehead atoms. The van der Waals surface area contributed by atoms with Crippen LogP contribution in [0, 0.1) is 0 Å². The highest BCUT2D eigenvalue weighted by Gasteiger charge is 2.05. The summed E-state index contributed by atoms with van der Waals surface area (Å²) in [4.78, 5) is 16.5. The molecule has 0 saturated carbocycles. The first-order chi connectivity index (χ1) is 14.7. The Morgan fingerprint density at radius 3 is 2.47 bits per heavy atom. The highest BCUT2D eigenvalue weighted by atomic mass is 32.2. The molecule has 1 aromatic carbocycles. The van der Waals surface area contributed by atoms with E-state index >= 15 is 0 Å². The Balaban J connectivity index is 1.45. The minimum atomic E-state index is 0.0932. The number of anilines is 1. The molecule has 2 rings (SSSR count). The Morgan fingerprint density at radius 1 is 1.00 bits per heavy atom. The number of thiazole rings is 1. The zero-order valence-corrected chi connectivity index (χ0v) is 19.9. The number of hydrogen-bond donors (Lipinski definition) is 2. The molecule has 0 radical (unpaired) electrons. The molecule has 0 atom stereocenters. The second-order valence-electron chi connectivity index (χ2n) is 7.71. The van der Waals surface area contributed by atoms with Crippen molar-refractivity contribution in [2.75, 3.05) is 5.32 Å². The summed E-state index contributed by atoms with van der Waals surface area (Å²) in [6.07, 6.45) is 22.9. The van der Waals surface area contributed by atoms with Crippen LogP contribution in [0.25, 0.3) is 10.2 Å². The maximum Gasteiger partial charge on any atom is 0.224 e. The van der Waals surface area contributed by atoms with Gasteiger partial charge < -0.3 is 5.32 Å². The van der Waals surface area contributed by atoms with E-state index in [0.717, 1.165) is 45.9 Å². The number of thiol groups is 1. The first-order valence-corrected chi connectivity index (χ1v) is 12.6. The average molecular weight is 445 g/mol. The zero-order valence-electron chi connectivity index (χ0n) is 18.2. The minimum Gasteiger partial charge on any atom is -0.326 e. The van der Waals surface area contributed by atoms with E-state index in [4.69, 9.17) is 0 Å². The van der Waals surface area contributed by atoms with Crippen LogP contribution < -0.4 is 5.32 Å². The Hall–Kier alpha value is -1.59. The van der Waals surface area contributed by atoms with E-state index in [-0.39, 0.29) is 5.91 Å². The monoisotopic (exact) mass is 444 g/mol. The third kappa shape index (κ3) is 10.4. The van der Waals surface area contributed by atoms with Gasteiger partial charge in [-0.15, -0.1) is 24.0 Å². The van der Waals surface area contributed by atoms with Crippen LogP contribution in [-0.2, 0) is 4.79 Å². The van der Waals surface area contributed by atoms with Crippen molar-refractivity contribution < 1.29 is 4.79 Å². The lowest BCUT2D eigenvalue weighted by molar-refractivity contribution is -0.116. The number of nitrogens with one attached hydrogen (secondary N) is 1. The molecule has 3 nitrogen and oxygen atoms in total. The molecular formula is C25H36N2OS2. The van der Waals surface area contributed by atoms with Gasteiger partial charge in [0, 0.05) is 12.1 Å². The molecule has 0 aliphatic carbocycles. The predicted octanol–water partition coefficient (Wildman–Crippen LogP) is 8.34. The topological polar surface area (TPSA) is 42.0 Å². The summed E-state index contributed by atoms with van der Waals surface area (Å²) in [5.74, 6) is 0.0932. The van der Waals surface area contributed by atoms with Gasteiger partial charge in [0.25, 0.3) is 0 Å². The van der Waals surface area contributed by atoms with Gasteiger partial charge in [-0.2, -0.15) is 0 Å². The third-order valence-electron chi connectivity index (χ3n) is 5.02. The third-order valence-corrected chi connectivity index (χ3v) is 6.21. The van der Waals surface area contributed by atoms with Crippen LogP contribution in [0.5, 0.6) is 0 Å². The fourth-order valence-electron chi connectivity index (χ4n) is 3.31. The van der Waals surface area contributed by atoms with Crippen molar-refractivity contribution in [3.63, 3.8) is 0 Å². The summed E-state index contributed by atoms with van der Waals surface area (Å²) in [5.41, 5.74) is 1.77. The van der Waals surface area contributed by atoms with Crippen LogP contribution in [0.3, 0.4) is 0 Å². The van der Waals surface area contributed by atoms with Crippen molar-refractivity contribution in [3.8, 4) is 0 Å². The molecule has 0 unspecified atom stereocenters. The molecule has 0 saturated heterocycles. The number of amides is 1. The molecular weight excluding hydrogens is 408 g/mol. The van der Waals surface area contributed by atoms with Gasteiger partial charge in [0.05, 0.1) is 10.2 Å². The fourth-order valence-corrected chi connectivity index (χ4v) is 4.46. The summed E-state index contributed by atoms with van der Waals surface area (Å²) in [5, 5.41) is 2.99. The summed E-state index contributed by atoms with van der Waals surface area (Å²) < 4.78 is 1.80. The van der Waals surface area contributed by atoms with Gasteiger partial charge >= 0.3 is 0 Å². The van der Waals surface area contributed by atoms with Crippen LogP contribution in [0.15, 0.2) is 46.8 Å². The van der Waals surface area contributed by atoms with Gasteiger partial charge in [-0.3, -0.25) is 4.79 Å². The van der Waals surface area contributed by atoms with Gasteiger partial charge in [0.15, 0.2) is 0 Å². The molecule has 1 aromatic heterocycles. The smallest absolute Gasteiger partial charge is 0.224 e. The highest BCUT2D eigenvalue weighted by molar-refractivity contribution is 7.82. The standard InChI is InChI=1S/C25H36N2OS2/c1-2-3-4-5-6-7-8-9-10-11-12-13-14-15-16-17-24(28)26-21-18-19-22-23(20-21)30-25(29)27-22/h6-7,9-10,18-20H,2-5,8,11-17H2,1H3,(H,26,28)(H,27,29). The molecule has 2 aromatic rings. The van der Waals surface area contributed by atoms with Gasteiger partial charge in [-0.05, 0) is 56.7 Å². The number of carbonyl (C=O) groups excluding carboxylic acids is 1. The van der Waals surface area contributed by atoms with Gasteiger partial charge in [0.2, 0.25) is 5.91 Å². The van der Waals surface area contributed by atoms with E-state index in [2.05, 4.69) is 54.2 Å². The average Bonchev–Trinajstić information content (AvgIpc) is 3.10. The van der Waals surface area contributed by atoms with Crippen molar-refractivity contribution in [2.24, 2.45) is 0 Å². The number of nitrogens with zero attached hydrogens (tertiary/aromatic N) is 1. The summed E-state index contributed by atoms with van der Waals surface area (Å²) in [6.45, 7) is 2.24. The molecule has 0 spiro atoms. The molecule has 1 heterocycles. The Kier molecular flexibility index (Phi) is 12.5. The number of aromatic nitrogens is 1. The number of benzene rings is 1. The van der Waals surface area contributed by atoms with E-state index in [1.165, 1.54) is 56.3 Å². The SMILES string of the molecule is CCCCCC=CCC=CCCCCCCCC(=O)Nc1ccc2nc(S)sc2c1. The zero-order chi connectivity index (χ0) is 21.4. The molecule has 30 heavy (non-hydrogen) atoms. The molecule has 1 N–H and O–H groups in total. The second-order valence-corrected chi connectivity index (χ2v) is 9.46. The Bertz CT molecular complexity index is 811. The maximum absolute atomic E-state index is 12.1. The molecule has 164 valence electrons. The normalized spacial score (nSPS) is 11.8. The van der Waals surface area contributed by atoms with Crippen LogP contribution in [-0.4, -0.2) is 10.9 Å². The lowest BCUT2D eigenvalue weighted by atomic mass is 10.1. The number of allylic oxidation sites excluding steroid dienone is 4. The first kappa shape index (κ1) is 24.7. The van der Waals surface area contributed by atoms with E-state index in [1.54, 1.807) is 0 Å². The van der Waals surface area contributed by atoms with Crippen molar-refractivity contribution >= 4 is 45.8 Å². The van der Waals surface area contributed by atoms with Crippen molar-refractivity contribution in [2.45, 2.75) is 88.3 Å². The van der Waals surface area contributed by atoms with E-state index in [0.29, 0.717) is 6.42 Å². The van der Waals surface area contributed by atoms with E-state index < -0.39 is 0 Å². The van der Waals surface area contributed by atoms with E-state index in [1.807, 2.05) is 18.2 Å². The quantitative estimate of drug-likeness (QED) is 0.165. The van der Waals surface area contributed by atoms with Crippen LogP contribution in [0.2, 0.25) is 0 Å². The predicted molar refractivity (Wildman–Crippen MR) is 135 cm³/mol. The van der Waals surface area contributed by atoms with Crippen LogP contribution in [0.4, 0.5) is 5.69 Å². The number of fused-ring (bicyclic) bond motifs is 1. The molecule has 0 aliphatic rings. The summed E-state index contributed by atoms with van der Waals surface area (Å²) in [7, 11) is 0. The Morgan fingerprint density at radius 2 is 1.70 bits per heavy atom. The molecule has 5 heteroatoms. The first-order valence-electron chi connectivity index (χ1n) is 11.4. The molecule has 0 fully saturated rings. The second kappa shape index (κ2) is 15.2. The summed E-state index contributed by atoms with van der Waals surface area (Å²) >= 11 is 5.81. The lowest BCUT2D eigenvalue weighted by Gasteiger charge is -2.05. The van der Waals surface area contributed by atoms with E-state index in [9.17, 15) is 4.79 Å². The van der Waals surface area contributed by atoms with Gasteiger partial charge in [-0.25, -0.2) is 4.98 Å². The highest BCUT2D eigenvalue weighted by Crippen LogP contribution is 2.27. The number of unbranched alkanes of at least 4 members (excludes halogenated alkanes) is 8. The van der Waals surface area contributed by atoms with Crippen molar-refractivity contribution in [1.82, 2.24) is 4.98 Å². The summed E-state index contributed by atoms with van der Waals surface area (Å²) in [6, 6.07) is 5.81. The number of rotatable bonds is 15. The maximum atomic E-state index is 12.1. The van der Waals surface area contributed by atoms with Crippen LogP contribution >= 0.6 is 24.0 Å². The largest absolute Gasteiger partial charge is 0.326 e. The molecule has 0 aliphatic heterocycles. The van der Waals surface area contributed by atoms with Crippen molar-refractivity contribution in [3.05, 3.63) is 42.5 Å². The van der Waals surface area contributed by atoms with Crippen LogP contribution in [0.1, 0.15) is 84.0 Å². The fraction of sp³-hybridized carbons (Fsp3) is 0.520. The molecule has 1 amide bonds. The number of carbonyl (C=O) groups is 1.